The Labute approximate surface area is 115 Å². The van der Waals surface area contributed by atoms with Gasteiger partial charge in [0, 0.05) is 29.0 Å². The molecule has 1 saturated heterocycles. The zero-order valence-corrected chi connectivity index (χ0v) is 12.9. The van der Waals surface area contributed by atoms with Gasteiger partial charge in [-0.25, -0.2) is 0 Å². The first-order valence-electron chi connectivity index (χ1n) is 6.61. The van der Waals surface area contributed by atoms with Gasteiger partial charge in [0.1, 0.15) is 5.84 Å². The molecule has 3 N–H and O–H groups in total. The molecule has 0 atom stereocenters. The molecule has 0 bridgehead atoms. The number of thioether (sulfide) groups is 1. The molecule has 106 valence electrons. The molecule has 1 heterocycles. The Morgan fingerprint density at radius 3 is 2.72 bits per heavy atom. The minimum Gasteiger partial charge on any atom is -0.409 e. The highest BCUT2D eigenvalue weighted by atomic mass is 32.2. The van der Waals surface area contributed by atoms with E-state index in [1.165, 1.54) is 12.3 Å². The lowest BCUT2D eigenvalue weighted by molar-refractivity contribution is 0.244. The molecular weight excluding hydrogens is 246 g/mol. The molecule has 1 rings (SSSR count). The first-order chi connectivity index (χ1) is 8.27. The SMILES string of the molecule is CC1(C)CN(CCCC(C)(C)C(N)=NO)CCS1. The molecule has 0 amide bonds. The van der Waals surface area contributed by atoms with E-state index in [0.29, 0.717) is 10.6 Å². The van der Waals surface area contributed by atoms with Crippen molar-refractivity contribution < 1.29 is 5.21 Å². The summed E-state index contributed by atoms with van der Waals surface area (Å²) in [6, 6.07) is 0. The van der Waals surface area contributed by atoms with Crippen LogP contribution >= 0.6 is 11.8 Å². The summed E-state index contributed by atoms with van der Waals surface area (Å²) >= 11 is 2.06. The van der Waals surface area contributed by atoms with Crippen LogP contribution < -0.4 is 5.73 Å². The second-order valence-electron chi connectivity index (χ2n) is 6.36. The molecule has 1 aliphatic rings. The summed E-state index contributed by atoms with van der Waals surface area (Å²) in [6.07, 6.45) is 2.04. The molecule has 0 saturated carbocycles. The summed E-state index contributed by atoms with van der Waals surface area (Å²) in [5, 5.41) is 11.9. The van der Waals surface area contributed by atoms with Crippen LogP contribution in [0.25, 0.3) is 0 Å². The second kappa shape index (κ2) is 6.15. The Bertz CT molecular complexity index is 303. The van der Waals surface area contributed by atoms with Gasteiger partial charge in [0.05, 0.1) is 0 Å². The summed E-state index contributed by atoms with van der Waals surface area (Å²) in [7, 11) is 0. The van der Waals surface area contributed by atoms with Crippen molar-refractivity contribution in [1.29, 1.82) is 0 Å². The maximum Gasteiger partial charge on any atom is 0.144 e. The van der Waals surface area contributed by atoms with Crippen LogP contribution in [0.15, 0.2) is 5.16 Å². The highest BCUT2D eigenvalue weighted by molar-refractivity contribution is 8.00. The van der Waals surface area contributed by atoms with Crippen molar-refractivity contribution in [2.75, 3.05) is 25.4 Å². The molecule has 0 aromatic rings. The Balaban J connectivity index is 2.34. The van der Waals surface area contributed by atoms with Crippen LogP contribution in [0.4, 0.5) is 0 Å². The summed E-state index contributed by atoms with van der Waals surface area (Å²) in [5.41, 5.74) is 5.48. The predicted molar refractivity (Wildman–Crippen MR) is 79.4 cm³/mol. The van der Waals surface area contributed by atoms with Gasteiger partial charge in [-0.1, -0.05) is 19.0 Å². The van der Waals surface area contributed by atoms with Crippen molar-refractivity contribution in [3.63, 3.8) is 0 Å². The van der Waals surface area contributed by atoms with Crippen molar-refractivity contribution >= 4 is 17.6 Å². The van der Waals surface area contributed by atoms with Crippen LogP contribution in [-0.4, -0.2) is 46.1 Å². The number of hydrogen-bond donors (Lipinski definition) is 2. The van der Waals surface area contributed by atoms with Crippen LogP contribution in [0.3, 0.4) is 0 Å². The number of rotatable bonds is 5. The van der Waals surface area contributed by atoms with Gasteiger partial charge < -0.3 is 15.8 Å². The van der Waals surface area contributed by atoms with Gasteiger partial charge in [0.25, 0.3) is 0 Å². The van der Waals surface area contributed by atoms with Crippen molar-refractivity contribution in [3.8, 4) is 0 Å². The van der Waals surface area contributed by atoms with Gasteiger partial charge in [0.15, 0.2) is 0 Å². The van der Waals surface area contributed by atoms with Gasteiger partial charge in [-0.2, -0.15) is 11.8 Å². The van der Waals surface area contributed by atoms with Crippen molar-refractivity contribution in [2.24, 2.45) is 16.3 Å². The number of hydrogen-bond acceptors (Lipinski definition) is 4. The van der Waals surface area contributed by atoms with Crippen molar-refractivity contribution in [3.05, 3.63) is 0 Å². The highest BCUT2D eigenvalue weighted by Gasteiger charge is 2.28. The van der Waals surface area contributed by atoms with Crippen LogP contribution in [-0.2, 0) is 0 Å². The Morgan fingerprint density at radius 1 is 1.50 bits per heavy atom. The van der Waals surface area contributed by atoms with Gasteiger partial charge in [-0.3, -0.25) is 0 Å². The zero-order valence-electron chi connectivity index (χ0n) is 12.1. The summed E-state index contributed by atoms with van der Waals surface area (Å²) in [5.74, 6) is 1.55. The topological polar surface area (TPSA) is 61.8 Å². The van der Waals surface area contributed by atoms with Gasteiger partial charge >= 0.3 is 0 Å². The third-order valence-corrected chi connectivity index (χ3v) is 4.88. The third-order valence-electron chi connectivity index (χ3n) is 3.58. The Hall–Kier alpha value is -0.420. The van der Waals surface area contributed by atoms with Gasteiger partial charge in [0.2, 0.25) is 0 Å². The molecule has 0 spiro atoms. The van der Waals surface area contributed by atoms with Gasteiger partial charge in [-0.05, 0) is 33.2 Å². The van der Waals surface area contributed by atoms with E-state index in [1.54, 1.807) is 0 Å². The number of nitrogens with zero attached hydrogens (tertiary/aromatic N) is 2. The minimum absolute atomic E-state index is 0.213. The minimum atomic E-state index is -0.213. The van der Waals surface area contributed by atoms with Crippen LogP contribution in [0.5, 0.6) is 0 Å². The molecule has 5 heteroatoms. The first-order valence-corrected chi connectivity index (χ1v) is 7.60. The van der Waals surface area contributed by atoms with E-state index in [1.807, 2.05) is 13.8 Å². The van der Waals surface area contributed by atoms with Crippen LogP contribution in [0.1, 0.15) is 40.5 Å². The predicted octanol–water partition coefficient (Wildman–Crippen LogP) is 2.37. The van der Waals surface area contributed by atoms with Gasteiger partial charge in [-0.15, -0.1) is 0 Å². The molecule has 0 aromatic heterocycles. The Morgan fingerprint density at radius 2 is 2.17 bits per heavy atom. The molecule has 0 aliphatic carbocycles. The fourth-order valence-corrected chi connectivity index (χ4v) is 3.49. The zero-order chi connectivity index (χ0) is 13.8. The lowest BCUT2D eigenvalue weighted by Gasteiger charge is -2.38. The van der Waals surface area contributed by atoms with E-state index in [-0.39, 0.29) is 5.41 Å². The summed E-state index contributed by atoms with van der Waals surface area (Å²) < 4.78 is 0.374. The molecule has 4 nitrogen and oxygen atoms in total. The summed E-state index contributed by atoms with van der Waals surface area (Å²) in [6.45, 7) is 12.1. The number of oxime groups is 1. The van der Waals surface area contributed by atoms with Crippen LogP contribution in [0.2, 0.25) is 0 Å². The smallest absolute Gasteiger partial charge is 0.144 e. The lowest BCUT2D eigenvalue weighted by Crippen LogP contribution is -2.43. The third kappa shape index (κ3) is 4.69. The van der Waals surface area contributed by atoms with E-state index in [2.05, 4.69) is 35.7 Å². The van der Waals surface area contributed by atoms with E-state index in [0.717, 1.165) is 25.9 Å². The summed E-state index contributed by atoms with van der Waals surface area (Å²) in [4.78, 5) is 2.53. The molecule has 1 aliphatic heterocycles. The molecule has 0 aromatic carbocycles. The van der Waals surface area contributed by atoms with Crippen molar-refractivity contribution in [2.45, 2.75) is 45.3 Å². The Kier molecular flexibility index (Phi) is 5.34. The number of amidine groups is 1. The average molecular weight is 273 g/mol. The normalized spacial score (nSPS) is 22.1. The van der Waals surface area contributed by atoms with Crippen LogP contribution in [0, 0.1) is 5.41 Å². The quantitative estimate of drug-likeness (QED) is 0.349. The standard InChI is InChI=1S/C13H27N3OS/c1-12(2,11(14)15-17)6-5-7-16-8-9-18-13(3,4)10-16/h17H,5-10H2,1-4H3,(H2,14,15). The van der Waals surface area contributed by atoms with Crippen molar-refractivity contribution in [1.82, 2.24) is 4.90 Å². The second-order valence-corrected chi connectivity index (χ2v) is 8.16. The molecule has 0 radical (unpaired) electrons. The molecular formula is C13H27N3OS. The molecule has 1 fully saturated rings. The maximum absolute atomic E-state index is 8.74. The highest BCUT2D eigenvalue weighted by Crippen LogP contribution is 2.30. The molecule has 18 heavy (non-hydrogen) atoms. The van der Waals surface area contributed by atoms with E-state index in [9.17, 15) is 0 Å². The van der Waals surface area contributed by atoms with E-state index in [4.69, 9.17) is 10.9 Å². The first kappa shape index (κ1) is 15.6. The average Bonchev–Trinajstić information content (AvgIpc) is 2.26. The van der Waals surface area contributed by atoms with E-state index >= 15 is 0 Å². The lowest BCUT2D eigenvalue weighted by atomic mass is 9.86. The maximum atomic E-state index is 8.74. The fourth-order valence-electron chi connectivity index (χ4n) is 2.31. The monoisotopic (exact) mass is 273 g/mol. The van der Waals surface area contributed by atoms with E-state index < -0.39 is 0 Å². The largest absolute Gasteiger partial charge is 0.409 e. The molecule has 0 unspecified atom stereocenters. The fraction of sp³-hybridized carbons (Fsp3) is 0.923. The number of nitrogens with two attached hydrogens (primary N) is 1.